The summed E-state index contributed by atoms with van der Waals surface area (Å²) in [7, 11) is 0. The lowest BCUT2D eigenvalue weighted by Gasteiger charge is -2.15. The average Bonchev–Trinajstić information content (AvgIpc) is 2.89. The molecule has 2 aromatic rings. The molecular formula is C16H19N3O2. The van der Waals surface area contributed by atoms with E-state index in [0.717, 1.165) is 35.9 Å². The maximum Gasteiger partial charge on any atom is 0.171 e. The van der Waals surface area contributed by atoms with Gasteiger partial charge in [0.15, 0.2) is 5.82 Å². The Kier molecular flexibility index (Phi) is 3.99. The van der Waals surface area contributed by atoms with Crippen molar-refractivity contribution in [2.45, 2.75) is 45.8 Å². The zero-order valence-electron chi connectivity index (χ0n) is 12.2. The molecule has 0 bridgehead atoms. The van der Waals surface area contributed by atoms with E-state index in [1.54, 1.807) is 6.92 Å². The van der Waals surface area contributed by atoms with E-state index in [1.165, 1.54) is 12.8 Å². The fourth-order valence-electron chi connectivity index (χ4n) is 2.61. The quantitative estimate of drug-likeness (QED) is 0.846. The van der Waals surface area contributed by atoms with Crippen molar-refractivity contribution in [3.8, 4) is 5.75 Å². The second-order valence-corrected chi connectivity index (χ2v) is 5.45. The van der Waals surface area contributed by atoms with Gasteiger partial charge in [0.1, 0.15) is 24.0 Å². The second kappa shape index (κ2) is 6.08. The van der Waals surface area contributed by atoms with Crippen LogP contribution in [0.5, 0.6) is 5.75 Å². The highest BCUT2D eigenvalue weighted by atomic mass is 16.5. The van der Waals surface area contributed by atoms with Crippen molar-refractivity contribution in [2.24, 2.45) is 0 Å². The van der Waals surface area contributed by atoms with Gasteiger partial charge in [-0.2, -0.15) is 0 Å². The van der Waals surface area contributed by atoms with Gasteiger partial charge in [-0.05, 0) is 37.5 Å². The Bertz CT molecular complexity index is 631. The summed E-state index contributed by atoms with van der Waals surface area (Å²) in [6.07, 6.45) is 3.85. The van der Waals surface area contributed by atoms with E-state index < -0.39 is 0 Å². The molecule has 0 radical (unpaired) electrons. The number of Topliss-reactive ketones (excluding diaryl/α,β-unsaturated/α-hetero) is 1. The molecule has 0 fully saturated rings. The zero-order valence-corrected chi connectivity index (χ0v) is 12.2. The molecule has 0 aliphatic carbocycles. The molecule has 110 valence electrons. The lowest BCUT2D eigenvalue weighted by atomic mass is 10.1. The van der Waals surface area contributed by atoms with Gasteiger partial charge in [0.2, 0.25) is 0 Å². The molecule has 1 aliphatic rings. The normalized spacial score (nSPS) is 13.8. The number of ether oxygens (including phenoxy) is 1. The predicted octanol–water partition coefficient (Wildman–Crippen LogP) is 2.32. The third kappa shape index (κ3) is 3.29. The summed E-state index contributed by atoms with van der Waals surface area (Å²) < 4.78 is 7.93. The molecule has 0 spiro atoms. The smallest absolute Gasteiger partial charge is 0.171 e. The van der Waals surface area contributed by atoms with Crippen molar-refractivity contribution in [3.05, 3.63) is 41.5 Å². The molecule has 0 saturated carbocycles. The van der Waals surface area contributed by atoms with Gasteiger partial charge in [-0.25, -0.2) is 0 Å². The molecule has 1 aromatic carbocycles. The highest BCUT2D eigenvalue weighted by molar-refractivity contribution is 5.78. The summed E-state index contributed by atoms with van der Waals surface area (Å²) in [4.78, 5) is 11.1. The van der Waals surface area contributed by atoms with Gasteiger partial charge in [0, 0.05) is 19.4 Å². The number of nitrogens with zero attached hydrogens (tertiary/aromatic N) is 3. The lowest BCUT2D eigenvalue weighted by molar-refractivity contribution is -0.116. The Morgan fingerprint density at radius 3 is 2.81 bits per heavy atom. The van der Waals surface area contributed by atoms with E-state index in [-0.39, 0.29) is 5.78 Å². The monoisotopic (exact) mass is 285 g/mol. The molecule has 3 rings (SSSR count). The van der Waals surface area contributed by atoms with E-state index in [2.05, 4.69) is 14.8 Å². The summed E-state index contributed by atoms with van der Waals surface area (Å²) in [5.41, 5.74) is 1.01. The number of benzene rings is 1. The largest absolute Gasteiger partial charge is 0.486 e. The van der Waals surface area contributed by atoms with Gasteiger partial charge in [-0.1, -0.05) is 12.1 Å². The molecule has 0 N–H and O–H groups in total. The average molecular weight is 285 g/mol. The van der Waals surface area contributed by atoms with E-state index in [9.17, 15) is 4.79 Å². The molecule has 21 heavy (non-hydrogen) atoms. The summed E-state index contributed by atoms with van der Waals surface area (Å²) in [6, 6.07) is 7.64. The molecule has 1 aliphatic heterocycles. The Labute approximate surface area is 124 Å². The second-order valence-electron chi connectivity index (χ2n) is 5.45. The highest BCUT2D eigenvalue weighted by Crippen LogP contribution is 2.17. The van der Waals surface area contributed by atoms with Crippen molar-refractivity contribution in [2.75, 3.05) is 0 Å². The number of rotatable bonds is 5. The van der Waals surface area contributed by atoms with Gasteiger partial charge < -0.3 is 9.30 Å². The van der Waals surface area contributed by atoms with E-state index in [4.69, 9.17) is 4.74 Å². The molecule has 2 heterocycles. The van der Waals surface area contributed by atoms with Crippen molar-refractivity contribution in [3.63, 3.8) is 0 Å². The number of carbonyl (C=O) groups is 1. The Morgan fingerprint density at radius 1 is 1.24 bits per heavy atom. The van der Waals surface area contributed by atoms with E-state index >= 15 is 0 Å². The molecule has 0 saturated heterocycles. The van der Waals surface area contributed by atoms with Gasteiger partial charge >= 0.3 is 0 Å². The van der Waals surface area contributed by atoms with Crippen LogP contribution >= 0.6 is 0 Å². The first-order valence-corrected chi connectivity index (χ1v) is 7.34. The minimum Gasteiger partial charge on any atom is -0.486 e. The number of hydrogen-bond donors (Lipinski definition) is 0. The van der Waals surface area contributed by atoms with Crippen LogP contribution in [-0.2, 0) is 30.8 Å². The van der Waals surface area contributed by atoms with Gasteiger partial charge in [-0.3, -0.25) is 4.79 Å². The Morgan fingerprint density at radius 2 is 2.05 bits per heavy atom. The van der Waals surface area contributed by atoms with Gasteiger partial charge in [-0.15, -0.1) is 10.2 Å². The fourth-order valence-corrected chi connectivity index (χ4v) is 2.61. The Balaban J connectivity index is 1.62. The van der Waals surface area contributed by atoms with Crippen LogP contribution in [0, 0.1) is 0 Å². The third-order valence-corrected chi connectivity index (χ3v) is 3.68. The zero-order chi connectivity index (χ0) is 14.7. The maximum absolute atomic E-state index is 11.1. The van der Waals surface area contributed by atoms with Crippen LogP contribution in [0.4, 0.5) is 0 Å². The third-order valence-electron chi connectivity index (χ3n) is 3.68. The fraction of sp³-hybridized carbons (Fsp3) is 0.438. The van der Waals surface area contributed by atoms with Gasteiger partial charge in [0.25, 0.3) is 0 Å². The first-order valence-electron chi connectivity index (χ1n) is 7.34. The number of aryl methyl sites for hydroxylation is 1. The van der Waals surface area contributed by atoms with E-state index in [1.807, 2.05) is 24.3 Å². The van der Waals surface area contributed by atoms with Crippen LogP contribution in [0.2, 0.25) is 0 Å². The van der Waals surface area contributed by atoms with Crippen LogP contribution in [0.3, 0.4) is 0 Å². The van der Waals surface area contributed by atoms with Crippen LogP contribution in [0.25, 0.3) is 0 Å². The van der Waals surface area contributed by atoms with Crippen molar-refractivity contribution in [1.82, 2.24) is 14.8 Å². The number of hydrogen-bond acceptors (Lipinski definition) is 4. The standard InChI is InChI=1S/C16H19N3O2/c1-12(20)10-13-5-7-14(8-6-13)21-11-16-18-17-15-4-2-3-9-19(15)16/h5-8H,2-4,9-11H2,1H3. The molecule has 5 nitrogen and oxygen atoms in total. The van der Waals surface area contributed by atoms with Gasteiger partial charge in [0.05, 0.1) is 0 Å². The van der Waals surface area contributed by atoms with Crippen LogP contribution in [0.1, 0.15) is 37.0 Å². The van der Waals surface area contributed by atoms with Crippen LogP contribution in [0.15, 0.2) is 24.3 Å². The van der Waals surface area contributed by atoms with Crippen LogP contribution < -0.4 is 4.74 Å². The molecule has 0 unspecified atom stereocenters. The molecule has 0 amide bonds. The summed E-state index contributed by atoms with van der Waals surface area (Å²) in [5.74, 6) is 2.91. The number of carbonyl (C=O) groups excluding carboxylic acids is 1. The minimum atomic E-state index is 0.166. The molecule has 5 heteroatoms. The maximum atomic E-state index is 11.1. The molecule has 0 atom stereocenters. The summed E-state index contributed by atoms with van der Waals surface area (Å²) >= 11 is 0. The summed E-state index contributed by atoms with van der Waals surface area (Å²) in [5, 5.41) is 8.42. The minimum absolute atomic E-state index is 0.166. The van der Waals surface area contributed by atoms with Crippen molar-refractivity contribution < 1.29 is 9.53 Å². The van der Waals surface area contributed by atoms with Crippen LogP contribution in [-0.4, -0.2) is 20.5 Å². The first kappa shape index (κ1) is 13.8. The predicted molar refractivity (Wildman–Crippen MR) is 78.1 cm³/mol. The Hall–Kier alpha value is -2.17. The number of ketones is 1. The van der Waals surface area contributed by atoms with Crippen molar-refractivity contribution in [1.29, 1.82) is 0 Å². The summed E-state index contributed by atoms with van der Waals surface area (Å²) in [6.45, 7) is 3.01. The SMILES string of the molecule is CC(=O)Cc1ccc(OCc2nnc3n2CCCC3)cc1. The molecule has 1 aromatic heterocycles. The first-order chi connectivity index (χ1) is 10.2. The van der Waals surface area contributed by atoms with Crippen molar-refractivity contribution >= 4 is 5.78 Å². The topological polar surface area (TPSA) is 57.0 Å². The number of fused-ring (bicyclic) bond motifs is 1. The highest BCUT2D eigenvalue weighted by Gasteiger charge is 2.15. The number of aromatic nitrogens is 3. The lowest BCUT2D eigenvalue weighted by Crippen LogP contribution is -2.14. The molecular weight excluding hydrogens is 266 g/mol. The van der Waals surface area contributed by atoms with E-state index in [0.29, 0.717) is 13.0 Å².